The number of aliphatic carboxylic acids is 1. The predicted octanol–water partition coefficient (Wildman–Crippen LogP) is 16.5. The van der Waals surface area contributed by atoms with Gasteiger partial charge in [-0.25, -0.2) is 0 Å². The molecular weight excluding hydrogens is 871 g/mol. The van der Waals surface area contributed by atoms with Crippen LogP contribution in [0, 0.1) is 0 Å². The Kier molecular flexibility index (Phi) is 50.6. The molecule has 0 saturated carbocycles. The van der Waals surface area contributed by atoms with Crippen molar-refractivity contribution in [3.63, 3.8) is 0 Å². The van der Waals surface area contributed by atoms with Gasteiger partial charge in [0.2, 0.25) is 0 Å². The van der Waals surface area contributed by atoms with Gasteiger partial charge in [0.25, 0.3) is 0 Å². The number of carbonyl (C=O) groups excluding carboxylic acids is 3. The number of carbonyl (C=O) groups is 3. The first kappa shape index (κ1) is 67.3. The highest BCUT2D eigenvalue weighted by Crippen LogP contribution is 2.17. The van der Waals surface area contributed by atoms with E-state index in [-0.39, 0.29) is 42.7 Å². The summed E-state index contributed by atoms with van der Waals surface area (Å²) in [7, 11) is 5.43. The van der Waals surface area contributed by atoms with Crippen LogP contribution in [0.5, 0.6) is 0 Å². The minimum Gasteiger partial charge on any atom is -0.544 e. The molecule has 0 amide bonds. The van der Waals surface area contributed by atoms with Crippen molar-refractivity contribution in [1.29, 1.82) is 0 Å². The second-order valence-corrected chi connectivity index (χ2v) is 21.2. The average Bonchev–Trinajstić information content (AvgIpc) is 3.33. The van der Waals surface area contributed by atoms with Crippen LogP contribution in [0.25, 0.3) is 0 Å². The second kappa shape index (κ2) is 52.6. The Hall–Kier alpha value is -2.71. The van der Waals surface area contributed by atoms with Crippen molar-refractivity contribution >= 4 is 17.9 Å². The zero-order chi connectivity index (χ0) is 51.3. The highest BCUT2D eigenvalue weighted by atomic mass is 16.6. The summed E-state index contributed by atoms with van der Waals surface area (Å²) >= 11 is 0. The third-order valence-corrected chi connectivity index (χ3v) is 13.4. The van der Waals surface area contributed by atoms with E-state index in [4.69, 9.17) is 14.2 Å². The van der Waals surface area contributed by atoms with Gasteiger partial charge in [0, 0.05) is 19.3 Å². The Labute approximate surface area is 433 Å². The lowest BCUT2D eigenvalue weighted by Crippen LogP contribution is -2.55. The quantitative estimate of drug-likeness (QED) is 0.0259. The Balaban J connectivity index is 4.14. The zero-order valence-corrected chi connectivity index (χ0v) is 46.7. The fourth-order valence-corrected chi connectivity index (χ4v) is 8.91. The molecule has 0 bridgehead atoms. The summed E-state index contributed by atoms with van der Waals surface area (Å²) in [4.78, 5) is 37.2. The van der Waals surface area contributed by atoms with Gasteiger partial charge in [-0.1, -0.05) is 236 Å². The van der Waals surface area contributed by atoms with Crippen molar-refractivity contribution in [3.05, 3.63) is 48.6 Å². The van der Waals surface area contributed by atoms with Crippen LogP contribution in [0.3, 0.4) is 0 Å². The van der Waals surface area contributed by atoms with Crippen molar-refractivity contribution in [2.45, 2.75) is 289 Å². The van der Waals surface area contributed by atoms with Gasteiger partial charge < -0.3 is 28.6 Å². The molecule has 0 saturated heterocycles. The van der Waals surface area contributed by atoms with Crippen molar-refractivity contribution in [3.8, 4) is 0 Å². The number of likely N-dealkylation sites (N-methyl/N-ethyl adjacent to an activating group) is 1. The maximum Gasteiger partial charge on any atom is 0.306 e. The number of nitrogens with zero attached hydrogens (tertiary/aromatic N) is 1. The molecule has 8 nitrogen and oxygen atoms in total. The first-order valence-corrected chi connectivity index (χ1v) is 29.7. The van der Waals surface area contributed by atoms with Crippen LogP contribution in [0.15, 0.2) is 48.6 Å². The summed E-state index contributed by atoms with van der Waals surface area (Å²) in [5.74, 6) is -1.73. The molecule has 0 aromatic rings. The van der Waals surface area contributed by atoms with Crippen LogP contribution in [-0.4, -0.2) is 75.5 Å². The minimum absolute atomic E-state index is 0.0404. The fraction of sp³-hybridized carbons (Fsp3) is 0.823. The number of unbranched alkanes of at least 4 members (excludes halogenated alkanes) is 32. The summed E-state index contributed by atoms with van der Waals surface area (Å²) in [6.07, 6.45) is 65.9. The van der Waals surface area contributed by atoms with E-state index in [0.29, 0.717) is 12.8 Å². The number of carboxylic acid groups (broad SMARTS) is 1. The molecule has 2 unspecified atom stereocenters. The number of quaternary nitrogens is 1. The smallest absolute Gasteiger partial charge is 0.306 e. The Morgan fingerprint density at radius 1 is 0.443 bits per heavy atom. The van der Waals surface area contributed by atoms with Gasteiger partial charge in [0.1, 0.15) is 12.6 Å². The lowest BCUT2D eigenvalue weighted by Gasteiger charge is -2.34. The van der Waals surface area contributed by atoms with Crippen LogP contribution >= 0.6 is 0 Å². The molecule has 0 fully saturated rings. The van der Waals surface area contributed by atoms with Gasteiger partial charge in [-0.3, -0.25) is 9.59 Å². The van der Waals surface area contributed by atoms with Crippen LogP contribution in [-0.2, 0) is 28.6 Å². The van der Waals surface area contributed by atoms with Crippen molar-refractivity contribution in [2.24, 2.45) is 0 Å². The third-order valence-electron chi connectivity index (χ3n) is 13.4. The Bertz CT molecular complexity index is 1280. The molecule has 0 radical (unpaired) electrons. The molecule has 0 N–H and O–H groups in total. The Morgan fingerprint density at radius 3 is 1.20 bits per heavy atom. The lowest BCUT2D eigenvalue weighted by molar-refractivity contribution is -0.889. The highest BCUT2D eigenvalue weighted by Gasteiger charge is 2.25. The largest absolute Gasteiger partial charge is 0.544 e. The summed E-state index contributed by atoms with van der Waals surface area (Å²) in [6.45, 7) is 4.60. The van der Waals surface area contributed by atoms with Gasteiger partial charge >= 0.3 is 11.9 Å². The molecule has 8 heteroatoms. The number of hydrogen-bond donors (Lipinski definition) is 0. The van der Waals surface area contributed by atoms with Gasteiger partial charge in [0.05, 0.1) is 40.3 Å². The normalized spacial score (nSPS) is 13.1. The molecule has 0 aromatic carbocycles. The second-order valence-electron chi connectivity index (χ2n) is 21.2. The van der Waals surface area contributed by atoms with Crippen LogP contribution in [0.4, 0.5) is 0 Å². The molecule has 2 atom stereocenters. The van der Waals surface area contributed by atoms with Crippen molar-refractivity contribution in [2.75, 3.05) is 41.0 Å². The Morgan fingerprint density at radius 2 is 0.800 bits per heavy atom. The summed E-state index contributed by atoms with van der Waals surface area (Å²) in [5.41, 5.74) is 0. The molecule has 0 spiro atoms. The molecule has 0 aliphatic rings. The van der Waals surface area contributed by atoms with E-state index in [1.54, 1.807) is 0 Å². The van der Waals surface area contributed by atoms with Gasteiger partial charge in [-0.15, -0.1) is 0 Å². The maximum atomic E-state index is 12.8. The first-order chi connectivity index (χ1) is 34.1. The number of carboxylic acids is 1. The number of allylic oxidation sites excluding steroid dienone is 8. The lowest BCUT2D eigenvalue weighted by atomic mass is 10.0. The molecular formula is C62H113NO7. The molecule has 0 aliphatic heterocycles. The van der Waals surface area contributed by atoms with E-state index in [1.165, 1.54) is 186 Å². The van der Waals surface area contributed by atoms with Gasteiger partial charge in [0.15, 0.2) is 6.10 Å². The minimum atomic E-state index is -1.12. The molecule has 0 aromatic heterocycles. The fourth-order valence-electron chi connectivity index (χ4n) is 8.91. The average molecular weight is 985 g/mol. The monoisotopic (exact) mass is 984 g/mol. The topological polar surface area (TPSA) is 102 Å². The molecule has 0 aliphatic carbocycles. The third kappa shape index (κ3) is 50.2. The van der Waals surface area contributed by atoms with E-state index < -0.39 is 18.1 Å². The summed E-state index contributed by atoms with van der Waals surface area (Å²) in [5, 5.41) is 11.7. The van der Waals surface area contributed by atoms with Crippen LogP contribution < -0.4 is 5.11 Å². The van der Waals surface area contributed by atoms with Crippen molar-refractivity contribution in [1.82, 2.24) is 0 Å². The molecule has 0 heterocycles. The van der Waals surface area contributed by atoms with E-state index in [9.17, 15) is 19.5 Å². The van der Waals surface area contributed by atoms with E-state index in [1.807, 2.05) is 21.1 Å². The van der Waals surface area contributed by atoms with Gasteiger partial charge in [-0.05, 0) is 70.6 Å². The molecule has 408 valence electrons. The summed E-state index contributed by atoms with van der Waals surface area (Å²) < 4.78 is 17.3. The number of ether oxygens (including phenoxy) is 3. The van der Waals surface area contributed by atoms with E-state index in [0.717, 1.165) is 57.8 Å². The number of esters is 2. The maximum absolute atomic E-state index is 12.8. The number of rotatable bonds is 54. The number of hydrogen-bond acceptors (Lipinski definition) is 7. The summed E-state index contributed by atoms with van der Waals surface area (Å²) in [6, 6.07) is -0.728. The highest BCUT2D eigenvalue weighted by molar-refractivity contribution is 5.70. The van der Waals surface area contributed by atoms with E-state index >= 15 is 0 Å². The van der Waals surface area contributed by atoms with Crippen molar-refractivity contribution < 1.29 is 38.2 Å². The van der Waals surface area contributed by atoms with Crippen LogP contribution in [0.2, 0.25) is 0 Å². The predicted molar refractivity (Wildman–Crippen MR) is 296 cm³/mol. The standard InChI is InChI=1S/C62H113NO7/c1-6-8-10-12-14-16-18-20-22-24-26-28-30-32-34-36-38-40-42-44-46-48-50-52-60(64)69-57-58(56-68-55-54-59(62(66)67)63(3,4)5)70-61(65)53-51-49-47-45-43-41-39-37-35-33-31-29-27-25-23-21-19-17-15-13-11-9-7-2/h8,10,14,16,20,22,33,35,58-59H,6-7,9,11-13,15,17-19,21,23-32,34,36-57H2,1-5H3/b10-8+,16-14+,22-20+,35-33+. The molecule has 0 rings (SSSR count). The van der Waals surface area contributed by atoms with Gasteiger partial charge in [-0.2, -0.15) is 0 Å². The molecule has 70 heavy (non-hydrogen) atoms. The zero-order valence-electron chi connectivity index (χ0n) is 46.7. The van der Waals surface area contributed by atoms with Crippen LogP contribution in [0.1, 0.15) is 277 Å². The van der Waals surface area contributed by atoms with E-state index in [2.05, 4.69) is 62.5 Å². The SMILES string of the molecule is CC/C=C/C/C=C/C/C=C/CCCCCCCCCCCCCCCC(=O)OCC(COCCC(C(=O)[O-])[N+](C)(C)C)OC(=O)CCCCCCCCC/C=C/CCCCCCCCCCCCCC. The first-order valence-electron chi connectivity index (χ1n) is 29.7.